The van der Waals surface area contributed by atoms with Crippen molar-refractivity contribution in [3.05, 3.63) is 66.1 Å². The van der Waals surface area contributed by atoms with Gasteiger partial charge in [-0.1, -0.05) is 11.8 Å². The number of thiophene rings is 1. The van der Waals surface area contributed by atoms with E-state index in [1.807, 2.05) is 13.0 Å². The Hall–Kier alpha value is -2.38. The molecule has 0 N–H and O–H groups in total. The first-order valence-electron chi connectivity index (χ1n) is 10.1. The molecule has 5 rings (SSSR count). The van der Waals surface area contributed by atoms with E-state index in [0.717, 1.165) is 51.6 Å². The van der Waals surface area contributed by atoms with Crippen LogP contribution in [0.4, 0.5) is 0 Å². The molecule has 0 saturated carbocycles. The van der Waals surface area contributed by atoms with E-state index >= 15 is 0 Å². The number of aromatic nitrogens is 2. The quantitative estimate of drug-likeness (QED) is 0.259. The van der Waals surface area contributed by atoms with E-state index in [4.69, 9.17) is 9.40 Å². The summed E-state index contributed by atoms with van der Waals surface area (Å²) < 4.78 is 7.05. The van der Waals surface area contributed by atoms with Gasteiger partial charge in [0.25, 0.3) is 5.56 Å². The number of nitrogens with zero attached hydrogens (tertiary/aromatic N) is 2. The first kappa shape index (κ1) is 19.6. The highest BCUT2D eigenvalue weighted by Gasteiger charge is 2.21. The minimum Gasteiger partial charge on any atom is -0.423 e. The van der Waals surface area contributed by atoms with Gasteiger partial charge in [-0.2, -0.15) is 0 Å². The Morgan fingerprint density at radius 1 is 1.13 bits per heavy atom. The normalized spacial score (nSPS) is 13.8. The molecule has 0 saturated heterocycles. The molecular formula is C23H22N2O3S2. The summed E-state index contributed by atoms with van der Waals surface area (Å²) in [6, 6.07) is 5.52. The van der Waals surface area contributed by atoms with Crippen LogP contribution in [0.1, 0.15) is 40.0 Å². The third-order valence-electron chi connectivity index (χ3n) is 5.96. The van der Waals surface area contributed by atoms with Gasteiger partial charge in [-0.15, -0.1) is 11.3 Å². The minimum absolute atomic E-state index is 0.0332. The van der Waals surface area contributed by atoms with Gasteiger partial charge >= 0.3 is 5.63 Å². The van der Waals surface area contributed by atoms with E-state index in [9.17, 15) is 9.59 Å². The van der Waals surface area contributed by atoms with Gasteiger partial charge in [-0.3, -0.25) is 9.36 Å². The molecule has 4 aromatic rings. The maximum atomic E-state index is 13.1. The second-order valence-electron chi connectivity index (χ2n) is 7.96. The zero-order chi connectivity index (χ0) is 21.0. The van der Waals surface area contributed by atoms with E-state index in [0.29, 0.717) is 16.5 Å². The number of hydrogen-bond donors (Lipinski definition) is 0. The Morgan fingerprint density at radius 3 is 2.73 bits per heavy atom. The molecule has 0 atom stereocenters. The van der Waals surface area contributed by atoms with E-state index in [2.05, 4.69) is 13.0 Å². The molecule has 0 amide bonds. The fraction of sp³-hybridized carbons (Fsp3) is 0.348. The van der Waals surface area contributed by atoms with Gasteiger partial charge in [0.1, 0.15) is 10.4 Å². The number of hydrogen-bond acceptors (Lipinski definition) is 6. The Kier molecular flexibility index (Phi) is 4.82. The standard InChI is InChI=1S/C23H22N2O3S2/c1-12-8-16-14(10-19(26)28-17(16)9-13(12)2)11-29-23-24-21-20(22(27)25(23)3)15-6-4-5-7-18(15)30-21/h8-10H,4-7,11H2,1-3H3. The predicted molar refractivity (Wildman–Crippen MR) is 123 cm³/mol. The lowest BCUT2D eigenvalue weighted by Gasteiger charge is -2.11. The monoisotopic (exact) mass is 438 g/mol. The van der Waals surface area contributed by atoms with Crippen LogP contribution in [-0.4, -0.2) is 9.55 Å². The Balaban J connectivity index is 1.56. The Morgan fingerprint density at radius 2 is 1.90 bits per heavy atom. The smallest absolute Gasteiger partial charge is 0.336 e. The van der Waals surface area contributed by atoms with Crippen LogP contribution in [0, 0.1) is 13.8 Å². The maximum Gasteiger partial charge on any atom is 0.336 e. The van der Waals surface area contributed by atoms with Gasteiger partial charge in [0.05, 0.1) is 5.39 Å². The van der Waals surface area contributed by atoms with Gasteiger partial charge in [-0.25, -0.2) is 9.78 Å². The highest BCUT2D eigenvalue weighted by atomic mass is 32.2. The van der Waals surface area contributed by atoms with Crippen molar-refractivity contribution in [1.82, 2.24) is 9.55 Å². The summed E-state index contributed by atoms with van der Waals surface area (Å²) in [6.45, 7) is 4.06. The van der Waals surface area contributed by atoms with E-state index < -0.39 is 0 Å². The van der Waals surface area contributed by atoms with Crippen molar-refractivity contribution in [2.45, 2.75) is 50.4 Å². The number of thioether (sulfide) groups is 1. The van der Waals surface area contributed by atoms with Crippen molar-refractivity contribution in [3.8, 4) is 0 Å². The van der Waals surface area contributed by atoms with Crippen LogP contribution in [0.25, 0.3) is 21.2 Å². The summed E-state index contributed by atoms with van der Waals surface area (Å²) in [5.74, 6) is 0.543. The molecule has 0 fully saturated rings. The number of fused-ring (bicyclic) bond motifs is 4. The molecule has 1 aliphatic rings. The van der Waals surface area contributed by atoms with Crippen LogP contribution in [-0.2, 0) is 25.6 Å². The number of aryl methyl sites for hydroxylation is 4. The third-order valence-corrected chi connectivity index (χ3v) is 8.22. The summed E-state index contributed by atoms with van der Waals surface area (Å²) in [4.78, 5) is 32.2. The Labute approximate surface area is 181 Å². The lowest BCUT2D eigenvalue weighted by Crippen LogP contribution is -2.20. The minimum atomic E-state index is -0.357. The molecule has 3 heterocycles. The molecule has 0 spiro atoms. The van der Waals surface area contributed by atoms with Crippen molar-refractivity contribution >= 4 is 44.3 Å². The average Bonchev–Trinajstić information content (AvgIpc) is 3.09. The highest BCUT2D eigenvalue weighted by Crippen LogP contribution is 2.35. The summed E-state index contributed by atoms with van der Waals surface area (Å²) >= 11 is 3.15. The molecule has 1 aromatic carbocycles. The van der Waals surface area contributed by atoms with Crippen LogP contribution < -0.4 is 11.2 Å². The van der Waals surface area contributed by atoms with Crippen molar-refractivity contribution in [1.29, 1.82) is 0 Å². The zero-order valence-corrected chi connectivity index (χ0v) is 18.8. The van der Waals surface area contributed by atoms with Crippen molar-refractivity contribution in [2.24, 2.45) is 7.05 Å². The first-order valence-corrected chi connectivity index (χ1v) is 11.9. The third kappa shape index (κ3) is 3.20. The Bertz CT molecular complexity index is 1430. The largest absolute Gasteiger partial charge is 0.423 e. The van der Waals surface area contributed by atoms with E-state index in [1.54, 1.807) is 29.0 Å². The second kappa shape index (κ2) is 7.39. The molecule has 0 unspecified atom stereocenters. The van der Waals surface area contributed by atoms with Gasteiger partial charge in [0.2, 0.25) is 0 Å². The zero-order valence-electron chi connectivity index (χ0n) is 17.2. The van der Waals surface area contributed by atoms with Gasteiger partial charge < -0.3 is 4.42 Å². The SMILES string of the molecule is Cc1cc2oc(=O)cc(CSc3nc4sc5c(c4c(=O)n3C)CCCC5)c2cc1C. The predicted octanol–water partition coefficient (Wildman–Crippen LogP) is 4.89. The van der Waals surface area contributed by atoms with E-state index in [1.165, 1.54) is 28.6 Å². The summed E-state index contributed by atoms with van der Waals surface area (Å²) in [5.41, 5.74) is 4.63. The van der Waals surface area contributed by atoms with E-state index in [-0.39, 0.29) is 11.2 Å². The van der Waals surface area contributed by atoms with Crippen LogP contribution >= 0.6 is 23.1 Å². The molecule has 30 heavy (non-hydrogen) atoms. The van der Waals surface area contributed by atoms with Crippen molar-refractivity contribution < 1.29 is 4.42 Å². The molecule has 3 aromatic heterocycles. The number of rotatable bonds is 3. The second-order valence-corrected chi connectivity index (χ2v) is 9.99. The van der Waals surface area contributed by atoms with Crippen LogP contribution in [0.3, 0.4) is 0 Å². The maximum absolute atomic E-state index is 13.1. The first-order chi connectivity index (χ1) is 14.4. The summed E-state index contributed by atoms with van der Waals surface area (Å²) in [6.07, 6.45) is 4.35. The molecule has 5 nitrogen and oxygen atoms in total. The fourth-order valence-corrected chi connectivity index (χ4v) is 6.41. The van der Waals surface area contributed by atoms with Gasteiger partial charge in [0, 0.05) is 29.1 Å². The van der Waals surface area contributed by atoms with Gasteiger partial charge in [0.15, 0.2) is 5.16 Å². The van der Waals surface area contributed by atoms with Crippen molar-refractivity contribution in [3.63, 3.8) is 0 Å². The molecule has 0 bridgehead atoms. The average molecular weight is 439 g/mol. The summed E-state index contributed by atoms with van der Waals surface area (Å²) in [7, 11) is 1.79. The van der Waals surface area contributed by atoms with Crippen LogP contribution in [0.5, 0.6) is 0 Å². The van der Waals surface area contributed by atoms with Gasteiger partial charge in [-0.05, 0) is 73.9 Å². The van der Waals surface area contributed by atoms with Crippen LogP contribution in [0.15, 0.2) is 37.4 Å². The highest BCUT2D eigenvalue weighted by molar-refractivity contribution is 7.98. The molecule has 0 radical (unpaired) electrons. The molecular weight excluding hydrogens is 416 g/mol. The summed E-state index contributed by atoms with van der Waals surface area (Å²) in [5, 5.41) is 2.41. The molecule has 0 aliphatic heterocycles. The lowest BCUT2D eigenvalue weighted by molar-refractivity contribution is 0.559. The topological polar surface area (TPSA) is 65.1 Å². The molecule has 154 valence electrons. The molecule has 7 heteroatoms. The van der Waals surface area contributed by atoms with Crippen molar-refractivity contribution in [2.75, 3.05) is 0 Å². The fourth-order valence-electron chi connectivity index (χ4n) is 4.14. The lowest BCUT2D eigenvalue weighted by atomic mass is 9.97. The van der Waals surface area contributed by atoms with Crippen LogP contribution in [0.2, 0.25) is 0 Å². The molecule has 1 aliphatic carbocycles. The number of benzene rings is 1.